The molecule has 2 nitrogen and oxygen atoms in total. The lowest BCUT2D eigenvalue weighted by molar-refractivity contribution is -0.137. The molecule has 0 radical (unpaired) electrons. The number of unbranched alkanes of at least 4 members (excludes halogenated alkanes) is 2. The van der Waals surface area contributed by atoms with E-state index in [4.69, 9.17) is 4.74 Å². The maximum absolute atomic E-state index is 10.6. The van der Waals surface area contributed by atoms with Crippen LogP contribution in [0.2, 0.25) is 0 Å². The van der Waals surface area contributed by atoms with Crippen molar-refractivity contribution in [2.45, 2.75) is 32.6 Å². The second-order valence-electron chi connectivity index (χ2n) is 2.84. The summed E-state index contributed by atoms with van der Waals surface area (Å²) < 4.78 is 4.79. The maximum Gasteiger partial charge on any atom is 0.310 e. The van der Waals surface area contributed by atoms with Gasteiger partial charge in [0, 0.05) is 0 Å². The molecule has 0 unspecified atom stereocenters. The van der Waals surface area contributed by atoms with Crippen LogP contribution in [0.15, 0.2) is 11.6 Å². The molecule has 0 saturated carbocycles. The van der Waals surface area contributed by atoms with Gasteiger partial charge in [0.05, 0.1) is 6.42 Å². The van der Waals surface area contributed by atoms with Gasteiger partial charge < -0.3 is 4.74 Å². The van der Waals surface area contributed by atoms with Gasteiger partial charge in [0.25, 0.3) is 0 Å². The van der Waals surface area contributed by atoms with Gasteiger partial charge in [-0.1, -0.05) is 25.8 Å². The maximum atomic E-state index is 10.6. The fraction of sp³-hybridized carbons (Fsp3) is 0.667. The molecule has 1 fully saturated rings. The second-order valence-corrected chi connectivity index (χ2v) is 2.84. The minimum absolute atomic E-state index is 0.0762. The van der Waals surface area contributed by atoms with Crippen molar-refractivity contribution in [3.8, 4) is 0 Å². The number of hydrogen-bond donors (Lipinski definition) is 0. The minimum atomic E-state index is -0.0762. The third kappa shape index (κ3) is 2.74. The molecule has 11 heavy (non-hydrogen) atoms. The van der Waals surface area contributed by atoms with Crippen molar-refractivity contribution < 1.29 is 9.53 Å². The lowest BCUT2D eigenvalue weighted by atomic mass is 10.1. The summed E-state index contributed by atoms with van der Waals surface area (Å²) in [4.78, 5) is 10.6. The van der Waals surface area contributed by atoms with Crippen molar-refractivity contribution in [1.82, 2.24) is 0 Å². The van der Waals surface area contributed by atoms with Crippen molar-refractivity contribution in [2.75, 3.05) is 6.61 Å². The highest BCUT2D eigenvalue weighted by Gasteiger charge is 2.15. The van der Waals surface area contributed by atoms with Crippen LogP contribution in [0.4, 0.5) is 0 Å². The monoisotopic (exact) mass is 154 g/mol. The first kappa shape index (κ1) is 8.31. The Bertz CT molecular complexity index is 170. The van der Waals surface area contributed by atoms with Crippen LogP contribution in [-0.2, 0) is 9.53 Å². The van der Waals surface area contributed by atoms with Gasteiger partial charge in [-0.15, -0.1) is 0 Å². The Balaban J connectivity index is 2.25. The zero-order valence-corrected chi connectivity index (χ0v) is 6.93. The van der Waals surface area contributed by atoms with Crippen LogP contribution in [0, 0.1) is 0 Å². The third-order valence-electron chi connectivity index (χ3n) is 1.78. The SMILES string of the molecule is CCCC/C=C1\COC(=O)C1. The Morgan fingerprint density at radius 1 is 1.64 bits per heavy atom. The standard InChI is InChI=1S/C9H14O2/c1-2-3-4-5-8-6-9(10)11-7-8/h5H,2-4,6-7H2,1H3/b8-5-. The van der Waals surface area contributed by atoms with Gasteiger partial charge in [-0.25, -0.2) is 0 Å². The fourth-order valence-corrected chi connectivity index (χ4v) is 1.10. The van der Waals surface area contributed by atoms with Crippen molar-refractivity contribution >= 4 is 5.97 Å². The lowest BCUT2D eigenvalue weighted by Crippen LogP contribution is -1.88. The van der Waals surface area contributed by atoms with E-state index in [-0.39, 0.29) is 5.97 Å². The molecule has 0 aromatic heterocycles. The Hall–Kier alpha value is -0.790. The fourth-order valence-electron chi connectivity index (χ4n) is 1.10. The smallest absolute Gasteiger partial charge is 0.310 e. The minimum Gasteiger partial charge on any atom is -0.461 e. The highest BCUT2D eigenvalue weighted by Crippen LogP contribution is 2.13. The van der Waals surface area contributed by atoms with E-state index in [0.717, 1.165) is 12.0 Å². The normalized spacial score (nSPS) is 20.8. The summed E-state index contributed by atoms with van der Waals surface area (Å²) in [6, 6.07) is 0. The molecule has 0 atom stereocenters. The Labute approximate surface area is 67.2 Å². The molecule has 0 amide bonds. The molecular weight excluding hydrogens is 140 g/mol. The van der Waals surface area contributed by atoms with Gasteiger partial charge >= 0.3 is 5.97 Å². The summed E-state index contributed by atoms with van der Waals surface area (Å²) in [6.45, 7) is 2.69. The summed E-state index contributed by atoms with van der Waals surface area (Å²) in [7, 11) is 0. The van der Waals surface area contributed by atoms with Crippen LogP contribution in [0.1, 0.15) is 32.6 Å². The Kier molecular flexibility index (Phi) is 3.14. The van der Waals surface area contributed by atoms with Crippen LogP contribution in [0.3, 0.4) is 0 Å². The van der Waals surface area contributed by atoms with E-state index < -0.39 is 0 Å². The average molecular weight is 154 g/mol. The van der Waals surface area contributed by atoms with E-state index in [1.54, 1.807) is 0 Å². The number of cyclic esters (lactones) is 1. The molecule has 1 rings (SSSR count). The Morgan fingerprint density at radius 2 is 2.45 bits per heavy atom. The number of ether oxygens (including phenoxy) is 1. The zero-order valence-electron chi connectivity index (χ0n) is 6.93. The predicted octanol–water partition coefficient (Wildman–Crippen LogP) is 2.05. The highest BCUT2D eigenvalue weighted by molar-refractivity contribution is 5.75. The first-order valence-corrected chi connectivity index (χ1v) is 4.16. The molecule has 0 aromatic carbocycles. The van der Waals surface area contributed by atoms with Gasteiger partial charge in [0.1, 0.15) is 6.61 Å². The summed E-state index contributed by atoms with van der Waals surface area (Å²) in [5, 5.41) is 0. The van der Waals surface area contributed by atoms with Crippen LogP contribution in [-0.4, -0.2) is 12.6 Å². The second kappa shape index (κ2) is 4.16. The topological polar surface area (TPSA) is 26.3 Å². The van der Waals surface area contributed by atoms with E-state index in [1.807, 2.05) is 0 Å². The van der Waals surface area contributed by atoms with E-state index in [1.165, 1.54) is 12.8 Å². The number of allylic oxidation sites excluding steroid dienone is 1. The number of carbonyl (C=O) groups excluding carboxylic acids is 1. The molecule has 62 valence electrons. The highest BCUT2D eigenvalue weighted by atomic mass is 16.5. The number of esters is 1. The van der Waals surface area contributed by atoms with Gasteiger partial charge in [-0.05, 0) is 12.0 Å². The quantitative estimate of drug-likeness (QED) is 0.353. The van der Waals surface area contributed by atoms with Gasteiger partial charge in [0.2, 0.25) is 0 Å². The number of carbonyl (C=O) groups is 1. The van der Waals surface area contributed by atoms with Crippen molar-refractivity contribution in [2.24, 2.45) is 0 Å². The van der Waals surface area contributed by atoms with E-state index >= 15 is 0 Å². The first-order chi connectivity index (χ1) is 5.33. The molecule has 2 heteroatoms. The number of rotatable bonds is 3. The molecule has 1 heterocycles. The lowest BCUT2D eigenvalue weighted by Gasteiger charge is -1.91. The number of hydrogen-bond acceptors (Lipinski definition) is 2. The third-order valence-corrected chi connectivity index (χ3v) is 1.78. The van der Waals surface area contributed by atoms with Gasteiger partial charge in [-0.2, -0.15) is 0 Å². The molecule has 1 aliphatic heterocycles. The van der Waals surface area contributed by atoms with E-state index in [2.05, 4.69) is 13.0 Å². The largest absolute Gasteiger partial charge is 0.461 e. The van der Waals surface area contributed by atoms with Crippen LogP contribution in [0.25, 0.3) is 0 Å². The molecule has 0 bridgehead atoms. The van der Waals surface area contributed by atoms with Gasteiger partial charge in [0.15, 0.2) is 0 Å². The Morgan fingerprint density at radius 3 is 3.00 bits per heavy atom. The van der Waals surface area contributed by atoms with E-state index in [9.17, 15) is 4.79 Å². The molecule has 1 aliphatic rings. The predicted molar refractivity (Wildman–Crippen MR) is 43.2 cm³/mol. The summed E-state index contributed by atoms with van der Waals surface area (Å²) in [5.41, 5.74) is 1.16. The molecule has 0 N–H and O–H groups in total. The van der Waals surface area contributed by atoms with Crippen LogP contribution < -0.4 is 0 Å². The first-order valence-electron chi connectivity index (χ1n) is 4.16. The zero-order chi connectivity index (χ0) is 8.10. The molecule has 0 aromatic rings. The van der Waals surface area contributed by atoms with Crippen LogP contribution >= 0.6 is 0 Å². The molecule has 1 saturated heterocycles. The summed E-state index contributed by atoms with van der Waals surface area (Å²) in [5.74, 6) is -0.0762. The van der Waals surface area contributed by atoms with Gasteiger partial charge in [-0.3, -0.25) is 4.79 Å². The molecule has 0 spiro atoms. The summed E-state index contributed by atoms with van der Waals surface area (Å²) in [6.07, 6.45) is 6.15. The summed E-state index contributed by atoms with van der Waals surface area (Å²) >= 11 is 0. The average Bonchev–Trinajstić information content (AvgIpc) is 2.37. The van der Waals surface area contributed by atoms with Crippen LogP contribution in [0.5, 0.6) is 0 Å². The van der Waals surface area contributed by atoms with Crippen molar-refractivity contribution in [3.63, 3.8) is 0 Å². The van der Waals surface area contributed by atoms with Crippen molar-refractivity contribution in [1.29, 1.82) is 0 Å². The van der Waals surface area contributed by atoms with E-state index in [0.29, 0.717) is 13.0 Å². The van der Waals surface area contributed by atoms with Crippen molar-refractivity contribution in [3.05, 3.63) is 11.6 Å². The molecule has 0 aliphatic carbocycles. The molecular formula is C9H14O2.